The zero-order chi connectivity index (χ0) is 13.7. The van der Waals surface area contributed by atoms with Gasteiger partial charge < -0.3 is 9.32 Å². The average Bonchev–Trinajstić information content (AvgIpc) is 2.82. The van der Waals surface area contributed by atoms with Crippen molar-refractivity contribution in [1.82, 2.24) is 20.0 Å². The monoisotopic (exact) mass is 266 g/mol. The van der Waals surface area contributed by atoms with Crippen molar-refractivity contribution in [3.63, 3.8) is 0 Å². The third-order valence-corrected chi connectivity index (χ3v) is 3.40. The predicted molar refractivity (Wildman–Crippen MR) is 70.4 cm³/mol. The third-order valence-electron chi connectivity index (χ3n) is 3.40. The van der Waals surface area contributed by atoms with Gasteiger partial charge in [0.15, 0.2) is 0 Å². The molecule has 0 atom stereocenters. The van der Waals surface area contributed by atoms with Gasteiger partial charge in [-0.25, -0.2) is 0 Å². The van der Waals surface area contributed by atoms with E-state index in [0.29, 0.717) is 24.7 Å². The van der Waals surface area contributed by atoms with Crippen LogP contribution in [-0.2, 0) is 11.3 Å². The lowest BCUT2D eigenvalue weighted by molar-refractivity contribution is -0.133. The van der Waals surface area contributed by atoms with E-state index in [4.69, 9.17) is 4.42 Å². The zero-order valence-corrected chi connectivity index (χ0v) is 11.8. The molecule has 0 aromatic carbocycles. The van der Waals surface area contributed by atoms with Crippen LogP contribution < -0.4 is 0 Å². The van der Waals surface area contributed by atoms with Crippen molar-refractivity contribution < 1.29 is 9.21 Å². The Morgan fingerprint density at radius 1 is 1.26 bits per heavy atom. The Kier molecular flexibility index (Phi) is 4.90. The van der Waals surface area contributed by atoms with Crippen LogP contribution in [0.4, 0.5) is 0 Å². The molecule has 1 aromatic heterocycles. The van der Waals surface area contributed by atoms with Crippen LogP contribution in [0, 0.1) is 6.92 Å². The zero-order valence-electron chi connectivity index (χ0n) is 11.8. The van der Waals surface area contributed by atoms with Gasteiger partial charge in [0.25, 0.3) is 0 Å². The highest BCUT2D eigenvalue weighted by molar-refractivity contribution is 5.76. The smallest absolute Gasteiger partial charge is 0.230 e. The number of amides is 1. The van der Waals surface area contributed by atoms with Gasteiger partial charge in [0.1, 0.15) is 0 Å². The molecule has 0 saturated carbocycles. The fraction of sp³-hybridized carbons (Fsp3) is 0.769. The molecular weight excluding hydrogens is 244 g/mol. The van der Waals surface area contributed by atoms with Gasteiger partial charge in [0, 0.05) is 39.5 Å². The summed E-state index contributed by atoms with van der Waals surface area (Å²) in [6.07, 6.45) is 2.74. The van der Waals surface area contributed by atoms with Crippen molar-refractivity contribution in [1.29, 1.82) is 0 Å². The minimum absolute atomic E-state index is 0.287. The van der Waals surface area contributed by atoms with Gasteiger partial charge in [-0.1, -0.05) is 13.3 Å². The van der Waals surface area contributed by atoms with Crippen LogP contribution in [0.5, 0.6) is 0 Å². The Morgan fingerprint density at radius 2 is 2.00 bits per heavy atom. The molecule has 0 N–H and O–H groups in total. The van der Waals surface area contributed by atoms with E-state index in [1.807, 2.05) is 4.90 Å². The summed E-state index contributed by atoms with van der Waals surface area (Å²) >= 11 is 0. The van der Waals surface area contributed by atoms with E-state index < -0.39 is 0 Å². The Morgan fingerprint density at radius 3 is 2.58 bits per heavy atom. The topological polar surface area (TPSA) is 62.5 Å². The van der Waals surface area contributed by atoms with Crippen LogP contribution in [0.1, 0.15) is 38.0 Å². The molecule has 1 amide bonds. The fourth-order valence-corrected chi connectivity index (χ4v) is 2.23. The fourth-order valence-electron chi connectivity index (χ4n) is 2.23. The highest BCUT2D eigenvalue weighted by Crippen LogP contribution is 2.09. The first-order chi connectivity index (χ1) is 9.19. The molecule has 1 aliphatic heterocycles. The summed E-state index contributed by atoms with van der Waals surface area (Å²) in [6.45, 7) is 7.93. The number of aryl methyl sites for hydroxylation is 1. The molecule has 0 unspecified atom stereocenters. The summed E-state index contributed by atoms with van der Waals surface area (Å²) in [6, 6.07) is 0. The van der Waals surface area contributed by atoms with Crippen molar-refractivity contribution in [3.8, 4) is 0 Å². The van der Waals surface area contributed by atoms with E-state index in [2.05, 4.69) is 22.0 Å². The molecule has 106 valence electrons. The largest absolute Gasteiger partial charge is 0.424 e. The summed E-state index contributed by atoms with van der Waals surface area (Å²) < 4.78 is 5.37. The van der Waals surface area contributed by atoms with Crippen LogP contribution in [0.3, 0.4) is 0 Å². The number of hydrogen-bond donors (Lipinski definition) is 0. The van der Waals surface area contributed by atoms with E-state index in [-0.39, 0.29) is 5.91 Å². The number of hydrogen-bond acceptors (Lipinski definition) is 5. The predicted octanol–water partition coefficient (Wildman–Crippen LogP) is 1.21. The normalized spacial score (nSPS) is 16.8. The van der Waals surface area contributed by atoms with Crippen LogP contribution >= 0.6 is 0 Å². The maximum atomic E-state index is 11.9. The number of piperazine rings is 1. The average molecular weight is 266 g/mol. The molecule has 6 heteroatoms. The summed E-state index contributed by atoms with van der Waals surface area (Å²) in [7, 11) is 0. The number of rotatable bonds is 5. The van der Waals surface area contributed by atoms with Gasteiger partial charge in [-0.05, 0) is 6.42 Å². The summed E-state index contributed by atoms with van der Waals surface area (Å²) in [5, 5.41) is 7.82. The number of carbonyl (C=O) groups excluding carboxylic acids is 1. The molecule has 1 aliphatic rings. The molecule has 2 rings (SSSR count). The third kappa shape index (κ3) is 4.02. The van der Waals surface area contributed by atoms with Gasteiger partial charge in [-0.3, -0.25) is 9.69 Å². The van der Waals surface area contributed by atoms with Crippen molar-refractivity contribution in [2.45, 2.75) is 39.7 Å². The molecule has 6 nitrogen and oxygen atoms in total. The molecule has 2 heterocycles. The number of unbranched alkanes of at least 4 members (excludes halogenated alkanes) is 1. The molecule has 1 fully saturated rings. The maximum Gasteiger partial charge on any atom is 0.230 e. The standard InChI is InChI=1S/C13H22N4O2/c1-3-4-5-13(18)17-8-6-16(7-9-17)10-12-15-14-11(2)19-12/h3-10H2,1-2H3. The number of nitrogens with zero attached hydrogens (tertiary/aromatic N) is 4. The molecule has 0 spiro atoms. The SMILES string of the molecule is CCCCC(=O)N1CCN(Cc2nnc(C)o2)CC1. The van der Waals surface area contributed by atoms with Gasteiger partial charge in [-0.2, -0.15) is 0 Å². The van der Waals surface area contributed by atoms with Crippen molar-refractivity contribution in [2.75, 3.05) is 26.2 Å². The van der Waals surface area contributed by atoms with E-state index >= 15 is 0 Å². The van der Waals surface area contributed by atoms with E-state index in [0.717, 1.165) is 39.0 Å². The van der Waals surface area contributed by atoms with Crippen molar-refractivity contribution >= 4 is 5.91 Å². The first-order valence-corrected chi connectivity index (χ1v) is 6.98. The van der Waals surface area contributed by atoms with E-state index in [1.165, 1.54) is 0 Å². The van der Waals surface area contributed by atoms with Crippen LogP contribution in [-0.4, -0.2) is 52.1 Å². The van der Waals surface area contributed by atoms with Gasteiger partial charge in [0.2, 0.25) is 17.7 Å². The molecule has 0 bridgehead atoms. The van der Waals surface area contributed by atoms with E-state index in [9.17, 15) is 4.79 Å². The minimum Gasteiger partial charge on any atom is -0.424 e. The van der Waals surface area contributed by atoms with Crippen molar-refractivity contribution in [3.05, 3.63) is 11.8 Å². The maximum absolute atomic E-state index is 11.9. The first kappa shape index (κ1) is 14.0. The van der Waals surface area contributed by atoms with Crippen LogP contribution in [0.2, 0.25) is 0 Å². The van der Waals surface area contributed by atoms with Crippen molar-refractivity contribution in [2.24, 2.45) is 0 Å². The quantitative estimate of drug-likeness (QED) is 0.801. The molecule has 19 heavy (non-hydrogen) atoms. The lowest BCUT2D eigenvalue weighted by Crippen LogP contribution is -2.48. The Balaban J connectivity index is 1.74. The summed E-state index contributed by atoms with van der Waals surface area (Å²) in [4.78, 5) is 16.1. The second-order valence-electron chi connectivity index (χ2n) is 4.98. The summed E-state index contributed by atoms with van der Waals surface area (Å²) in [5.74, 6) is 1.54. The molecule has 0 radical (unpaired) electrons. The Hall–Kier alpha value is -1.43. The Bertz CT molecular complexity index is 411. The summed E-state index contributed by atoms with van der Waals surface area (Å²) in [5.41, 5.74) is 0. The molecule has 1 aromatic rings. The molecule has 0 aliphatic carbocycles. The molecule has 1 saturated heterocycles. The molecular formula is C13H22N4O2. The number of aromatic nitrogens is 2. The highest BCUT2D eigenvalue weighted by atomic mass is 16.4. The van der Waals surface area contributed by atoms with Crippen LogP contribution in [0.25, 0.3) is 0 Å². The second kappa shape index (κ2) is 6.65. The minimum atomic E-state index is 0.287. The second-order valence-corrected chi connectivity index (χ2v) is 4.98. The number of carbonyl (C=O) groups is 1. The highest BCUT2D eigenvalue weighted by Gasteiger charge is 2.21. The lowest BCUT2D eigenvalue weighted by atomic mass is 10.2. The van der Waals surface area contributed by atoms with E-state index in [1.54, 1.807) is 6.92 Å². The Labute approximate surface area is 113 Å². The lowest BCUT2D eigenvalue weighted by Gasteiger charge is -2.34. The van der Waals surface area contributed by atoms with Gasteiger partial charge in [-0.15, -0.1) is 10.2 Å². The van der Waals surface area contributed by atoms with Crippen LogP contribution in [0.15, 0.2) is 4.42 Å². The first-order valence-electron chi connectivity index (χ1n) is 6.98. The van der Waals surface area contributed by atoms with Gasteiger partial charge >= 0.3 is 0 Å². The van der Waals surface area contributed by atoms with Gasteiger partial charge in [0.05, 0.1) is 6.54 Å².